The van der Waals surface area contributed by atoms with Crippen LogP contribution in [0.15, 0.2) is 59.8 Å². The Balaban J connectivity index is 2.00. The largest absolute Gasteiger partial charge is 0.388 e. The summed E-state index contributed by atoms with van der Waals surface area (Å²) in [4.78, 5) is 18.3. The lowest BCUT2D eigenvalue weighted by molar-refractivity contribution is 0.00188. The third kappa shape index (κ3) is 2.54. The van der Waals surface area contributed by atoms with Crippen LogP contribution in [0.25, 0.3) is 0 Å². The minimum absolute atomic E-state index is 0.0725. The zero-order valence-corrected chi connectivity index (χ0v) is 13.0. The summed E-state index contributed by atoms with van der Waals surface area (Å²) in [6, 6.07) is 17.4. The topological polar surface area (TPSA) is 38.7 Å². The van der Waals surface area contributed by atoms with E-state index in [-0.39, 0.29) is 11.7 Å². The number of nitrogens with zero attached hydrogens (tertiary/aromatic N) is 1. The summed E-state index contributed by atoms with van der Waals surface area (Å²) in [5.74, 6) is -0.238. The van der Waals surface area contributed by atoms with Crippen molar-refractivity contribution < 1.29 is 9.63 Å². The molecule has 0 saturated carbocycles. The molecule has 3 rings (SSSR count). The molecule has 22 heavy (non-hydrogen) atoms. The first-order chi connectivity index (χ1) is 10.5. The normalized spacial score (nSPS) is 19.4. The van der Waals surface area contributed by atoms with Gasteiger partial charge in [-0.05, 0) is 26.3 Å². The molecule has 2 aromatic rings. The first-order valence-corrected chi connectivity index (χ1v) is 7.41. The van der Waals surface area contributed by atoms with Crippen LogP contribution >= 0.6 is 0 Å². The van der Waals surface area contributed by atoms with Crippen molar-refractivity contribution in [1.82, 2.24) is 0 Å². The van der Waals surface area contributed by atoms with Gasteiger partial charge >= 0.3 is 0 Å². The van der Waals surface area contributed by atoms with Crippen molar-refractivity contribution >= 4 is 11.5 Å². The molecule has 2 aromatic carbocycles. The monoisotopic (exact) mass is 293 g/mol. The van der Waals surface area contributed by atoms with Gasteiger partial charge in [-0.2, -0.15) is 0 Å². The first-order valence-electron chi connectivity index (χ1n) is 7.41. The number of rotatable bonds is 3. The number of benzene rings is 2. The molecule has 1 aliphatic rings. The summed E-state index contributed by atoms with van der Waals surface area (Å²) in [5.41, 5.74) is 2.82. The lowest BCUT2D eigenvalue weighted by Crippen LogP contribution is -2.33. The van der Waals surface area contributed by atoms with Crippen LogP contribution in [0.2, 0.25) is 0 Å². The second kappa shape index (κ2) is 5.41. The molecule has 0 aliphatic carbocycles. The molecule has 1 unspecified atom stereocenters. The van der Waals surface area contributed by atoms with Crippen LogP contribution in [0.3, 0.4) is 0 Å². The summed E-state index contributed by atoms with van der Waals surface area (Å²) in [5, 5.41) is 4.11. The molecule has 112 valence electrons. The SMILES string of the molecule is Cc1ccc(C2C(C(=O)c3ccccc3)=NOC2(C)C)cc1. The maximum absolute atomic E-state index is 12.8. The van der Waals surface area contributed by atoms with E-state index in [2.05, 4.69) is 5.16 Å². The molecule has 0 aromatic heterocycles. The van der Waals surface area contributed by atoms with Crippen molar-refractivity contribution in [3.63, 3.8) is 0 Å². The van der Waals surface area contributed by atoms with Gasteiger partial charge in [0.2, 0.25) is 5.78 Å². The smallest absolute Gasteiger partial charge is 0.211 e. The molecule has 1 aliphatic heterocycles. The van der Waals surface area contributed by atoms with E-state index in [1.807, 2.05) is 75.4 Å². The van der Waals surface area contributed by atoms with E-state index >= 15 is 0 Å². The Morgan fingerprint density at radius 1 is 1.05 bits per heavy atom. The summed E-state index contributed by atoms with van der Waals surface area (Å²) in [6.07, 6.45) is 0. The van der Waals surface area contributed by atoms with Gasteiger partial charge in [0.15, 0.2) is 0 Å². The lowest BCUT2D eigenvalue weighted by atomic mass is 9.79. The number of ketones is 1. The molecule has 1 atom stereocenters. The van der Waals surface area contributed by atoms with Gasteiger partial charge in [-0.15, -0.1) is 0 Å². The number of aryl methyl sites for hydroxylation is 1. The van der Waals surface area contributed by atoms with E-state index in [0.29, 0.717) is 11.3 Å². The highest BCUT2D eigenvalue weighted by molar-refractivity contribution is 6.48. The average molecular weight is 293 g/mol. The predicted octanol–water partition coefficient (Wildman–Crippen LogP) is 4.13. The third-order valence-electron chi connectivity index (χ3n) is 4.03. The number of hydrogen-bond donors (Lipinski definition) is 0. The lowest BCUT2D eigenvalue weighted by Gasteiger charge is -2.25. The van der Waals surface area contributed by atoms with Gasteiger partial charge in [-0.1, -0.05) is 65.3 Å². The summed E-state index contributed by atoms with van der Waals surface area (Å²) in [6.45, 7) is 5.97. The fourth-order valence-corrected chi connectivity index (χ4v) is 2.83. The van der Waals surface area contributed by atoms with Gasteiger partial charge < -0.3 is 4.84 Å². The van der Waals surface area contributed by atoms with Crippen LogP contribution in [-0.2, 0) is 4.84 Å². The highest BCUT2D eigenvalue weighted by atomic mass is 16.7. The third-order valence-corrected chi connectivity index (χ3v) is 4.03. The summed E-state index contributed by atoms with van der Waals surface area (Å²) in [7, 11) is 0. The van der Waals surface area contributed by atoms with Crippen molar-refractivity contribution in [3.8, 4) is 0 Å². The second-order valence-electron chi connectivity index (χ2n) is 6.21. The molecule has 1 heterocycles. The van der Waals surface area contributed by atoms with Crippen LogP contribution in [-0.4, -0.2) is 17.1 Å². The zero-order valence-electron chi connectivity index (χ0n) is 13.0. The average Bonchev–Trinajstić information content (AvgIpc) is 2.84. The molecule has 0 fully saturated rings. The maximum Gasteiger partial charge on any atom is 0.211 e. The molecular weight excluding hydrogens is 274 g/mol. The maximum atomic E-state index is 12.8. The zero-order chi connectivity index (χ0) is 15.7. The fourth-order valence-electron chi connectivity index (χ4n) is 2.83. The quantitative estimate of drug-likeness (QED) is 0.798. The molecule has 0 saturated heterocycles. The van der Waals surface area contributed by atoms with E-state index in [1.54, 1.807) is 0 Å². The Bertz CT molecular complexity index is 715. The number of Topliss-reactive ketones (excluding diaryl/α,β-unsaturated/α-hetero) is 1. The van der Waals surface area contributed by atoms with Crippen molar-refractivity contribution in [1.29, 1.82) is 0 Å². The standard InChI is InChI=1S/C19H19NO2/c1-13-9-11-14(12-10-13)16-17(20-22-19(16,2)3)18(21)15-7-5-4-6-8-15/h4-12,16H,1-3H3. The highest BCUT2D eigenvalue weighted by Crippen LogP contribution is 2.38. The van der Waals surface area contributed by atoms with Gasteiger partial charge in [-0.25, -0.2) is 0 Å². The van der Waals surface area contributed by atoms with Crippen molar-refractivity contribution in [3.05, 3.63) is 71.3 Å². The van der Waals surface area contributed by atoms with Gasteiger partial charge in [0.05, 0.1) is 5.92 Å². The minimum Gasteiger partial charge on any atom is -0.388 e. The summed E-state index contributed by atoms with van der Waals surface area (Å²) < 4.78 is 0. The first kappa shape index (κ1) is 14.5. The van der Waals surface area contributed by atoms with Crippen molar-refractivity contribution in [2.24, 2.45) is 5.16 Å². The minimum atomic E-state index is -0.533. The second-order valence-corrected chi connectivity index (χ2v) is 6.21. The number of carbonyl (C=O) groups excluding carboxylic acids is 1. The van der Waals surface area contributed by atoms with Crippen LogP contribution in [0.1, 0.15) is 41.3 Å². The number of hydrogen-bond acceptors (Lipinski definition) is 3. The van der Waals surface area contributed by atoms with Gasteiger partial charge in [0.25, 0.3) is 0 Å². The van der Waals surface area contributed by atoms with Crippen LogP contribution in [0.5, 0.6) is 0 Å². The van der Waals surface area contributed by atoms with Gasteiger partial charge in [0.1, 0.15) is 11.3 Å². The van der Waals surface area contributed by atoms with Crippen molar-refractivity contribution in [2.45, 2.75) is 32.3 Å². The van der Waals surface area contributed by atoms with E-state index in [9.17, 15) is 4.79 Å². The molecule has 3 nitrogen and oxygen atoms in total. The fraction of sp³-hybridized carbons (Fsp3) is 0.263. The molecular formula is C19H19NO2. The Kier molecular flexibility index (Phi) is 3.57. The van der Waals surface area contributed by atoms with Crippen LogP contribution in [0.4, 0.5) is 0 Å². The molecule has 3 heteroatoms. The Morgan fingerprint density at radius 3 is 2.32 bits per heavy atom. The van der Waals surface area contributed by atoms with Gasteiger partial charge in [0, 0.05) is 5.56 Å². The molecule has 0 bridgehead atoms. The van der Waals surface area contributed by atoms with Gasteiger partial charge in [-0.3, -0.25) is 4.79 Å². The van der Waals surface area contributed by atoms with E-state index < -0.39 is 5.60 Å². The van der Waals surface area contributed by atoms with E-state index in [4.69, 9.17) is 4.84 Å². The molecule has 0 spiro atoms. The summed E-state index contributed by atoms with van der Waals surface area (Å²) >= 11 is 0. The molecule has 0 amide bonds. The Labute approximate surface area is 130 Å². The van der Waals surface area contributed by atoms with Crippen LogP contribution < -0.4 is 0 Å². The van der Waals surface area contributed by atoms with Crippen LogP contribution in [0, 0.1) is 6.92 Å². The highest BCUT2D eigenvalue weighted by Gasteiger charge is 2.45. The molecule has 0 N–H and O–H groups in total. The van der Waals surface area contributed by atoms with E-state index in [1.165, 1.54) is 5.56 Å². The predicted molar refractivity (Wildman–Crippen MR) is 87.3 cm³/mol. The Morgan fingerprint density at radius 2 is 1.68 bits per heavy atom. The molecule has 0 radical (unpaired) electrons. The number of carbonyl (C=O) groups is 1. The Hall–Kier alpha value is -2.42. The van der Waals surface area contributed by atoms with E-state index in [0.717, 1.165) is 5.56 Å². The number of oxime groups is 1. The van der Waals surface area contributed by atoms with Crippen molar-refractivity contribution in [2.75, 3.05) is 0 Å².